The molecule has 0 heterocycles. The predicted octanol–water partition coefficient (Wildman–Crippen LogP) is 5.70. The van der Waals surface area contributed by atoms with Crippen LogP contribution in [0.25, 0.3) is 0 Å². The molecule has 0 amide bonds. The van der Waals surface area contributed by atoms with Crippen LogP contribution in [0.2, 0.25) is 0 Å². The second-order valence-corrected chi connectivity index (χ2v) is 2.71. The Labute approximate surface area is 106 Å². The highest BCUT2D eigenvalue weighted by atomic mass is 16.6. The van der Waals surface area contributed by atoms with Gasteiger partial charge in [-0.15, -0.1) is 0 Å². The first-order chi connectivity index (χ1) is 6.42. The molecule has 0 aliphatic carbocycles. The van der Waals surface area contributed by atoms with Crippen molar-refractivity contribution in [3.63, 3.8) is 0 Å². The van der Waals surface area contributed by atoms with Gasteiger partial charge in [-0.1, -0.05) is 56.4 Å². The van der Waals surface area contributed by atoms with E-state index in [0.717, 1.165) is 0 Å². The molecule has 0 aliphatic rings. The summed E-state index contributed by atoms with van der Waals surface area (Å²) in [6, 6.07) is 0. The van der Waals surface area contributed by atoms with Gasteiger partial charge in [0, 0.05) is 6.92 Å². The van der Waals surface area contributed by atoms with E-state index in [2.05, 4.69) is 0 Å². The molecule has 0 aliphatic heterocycles. The van der Waals surface area contributed by atoms with Gasteiger partial charge in [0.25, 0.3) is 0 Å². The molecule has 0 radical (unpaired) electrons. The molecule has 0 unspecified atom stereocenters. The molecule has 0 spiro atoms. The average molecular weight is 238 g/mol. The minimum absolute atomic E-state index is 0. The van der Waals surface area contributed by atoms with Gasteiger partial charge in [0.2, 0.25) is 0 Å². The van der Waals surface area contributed by atoms with Gasteiger partial charge in [0.1, 0.15) is 5.60 Å². The summed E-state index contributed by atoms with van der Waals surface area (Å²) in [5.41, 5.74) is -0.328. The minimum Gasteiger partial charge on any atom is -0.460 e. The summed E-state index contributed by atoms with van der Waals surface area (Å²) in [6.07, 6.45) is 0. The van der Waals surface area contributed by atoms with Crippen LogP contribution in [-0.4, -0.2) is 11.6 Å². The Morgan fingerprint density at radius 1 is 0.812 bits per heavy atom. The molecule has 16 heavy (non-hydrogen) atoms. The molecule has 0 saturated heterocycles. The Kier molecular flexibility index (Phi) is 66.1. The first-order valence-electron chi connectivity index (χ1n) is 5.61. The van der Waals surface area contributed by atoms with Gasteiger partial charge in [-0.3, -0.25) is 4.79 Å². The largest absolute Gasteiger partial charge is 0.460 e. The number of carbonyl (C=O) groups is 1. The first kappa shape index (κ1) is 36.1. The van der Waals surface area contributed by atoms with Crippen LogP contribution in [0, 0.1) is 0 Å². The normalized spacial score (nSPS) is 6.62. The predicted molar refractivity (Wildman–Crippen MR) is 79.0 cm³/mol. The van der Waals surface area contributed by atoms with Crippen LogP contribution >= 0.6 is 0 Å². The maximum atomic E-state index is 10.2. The van der Waals surface area contributed by atoms with Gasteiger partial charge in [-0.25, -0.2) is 0 Å². The second kappa shape index (κ2) is 29.3. The second-order valence-electron chi connectivity index (χ2n) is 2.71. The van der Waals surface area contributed by atoms with Crippen molar-refractivity contribution in [2.24, 2.45) is 0 Å². The molecule has 0 aromatic rings. The number of hydrogen-bond donors (Lipinski definition) is 0. The van der Waals surface area contributed by atoms with Crippen molar-refractivity contribution in [1.82, 2.24) is 0 Å². The minimum atomic E-state index is -0.328. The Morgan fingerprint density at radius 3 is 1.00 bits per heavy atom. The van der Waals surface area contributed by atoms with Gasteiger partial charge < -0.3 is 4.74 Å². The maximum Gasteiger partial charge on any atom is 0.303 e. The topological polar surface area (TPSA) is 26.3 Å². The van der Waals surface area contributed by atoms with E-state index < -0.39 is 0 Å². The van der Waals surface area contributed by atoms with Crippen molar-refractivity contribution >= 4 is 5.97 Å². The highest BCUT2D eigenvalue weighted by Gasteiger charge is 2.11. The Balaban J connectivity index is -0.0000000272. The van der Waals surface area contributed by atoms with Crippen LogP contribution in [0.1, 0.15) is 84.1 Å². The fraction of sp³-hybridized carbons (Fsp3) is 0.929. The third-order valence-electron chi connectivity index (χ3n) is 0.450. The van der Waals surface area contributed by atoms with Crippen molar-refractivity contribution in [2.45, 2.75) is 89.7 Å². The van der Waals surface area contributed by atoms with Gasteiger partial charge in [0.05, 0.1) is 0 Å². The van der Waals surface area contributed by atoms with Gasteiger partial charge in [-0.2, -0.15) is 0 Å². The van der Waals surface area contributed by atoms with Gasteiger partial charge >= 0.3 is 5.97 Å². The number of esters is 1. The van der Waals surface area contributed by atoms with E-state index >= 15 is 0 Å². The zero-order valence-electron chi connectivity index (χ0n) is 11.8. The van der Waals surface area contributed by atoms with Crippen molar-refractivity contribution in [3.8, 4) is 0 Å². The van der Waals surface area contributed by atoms with Crippen molar-refractivity contribution in [3.05, 3.63) is 0 Å². The summed E-state index contributed by atoms with van der Waals surface area (Å²) in [5, 5.41) is 0. The summed E-state index contributed by atoms with van der Waals surface area (Å²) < 4.78 is 4.80. The molecule has 0 fully saturated rings. The Morgan fingerprint density at radius 2 is 1.00 bits per heavy atom. The molecule has 0 aromatic heterocycles. The highest BCUT2D eigenvalue weighted by Crippen LogP contribution is 2.05. The molecule has 2 nitrogen and oxygen atoms in total. The number of hydrogen-bond acceptors (Lipinski definition) is 2. The van der Waals surface area contributed by atoms with Crippen molar-refractivity contribution in [1.29, 1.82) is 0 Å². The Hall–Kier alpha value is -0.530. The quantitative estimate of drug-likeness (QED) is 0.506. The lowest BCUT2D eigenvalue weighted by Gasteiger charge is -2.17. The van der Waals surface area contributed by atoms with Gasteiger partial charge in [-0.05, 0) is 20.8 Å². The zero-order chi connectivity index (χ0) is 12.8. The fourth-order valence-electron chi connectivity index (χ4n) is 0.431. The van der Waals surface area contributed by atoms with Crippen LogP contribution in [0.15, 0.2) is 0 Å². The molecular formula is C14H38O2. The third-order valence-corrected chi connectivity index (χ3v) is 0.450. The monoisotopic (exact) mass is 238 g/mol. The number of carbonyl (C=O) groups excluding carboxylic acids is 1. The van der Waals surface area contributed by atoms with Crippen LogP contribution in [-0.2, 0) is 9.53 Å². The van der Waals surface area contributed by atoms with Crippen molar-refractivity contribution < 1.29 is 9.53 Å². The van der Waals surface area contributed by atoms with E-state index in [1.165, 1.54) is 6.92 Å². The average Bonchev–Trinajstić information content (AvgIpc) is 2.11. The van der Waals surface area contributed by atoms with E-state index in [0.29, 0.717) is 0 Å². The van der Waals surface area contributed by atoms with Crippen LogP contribution < -0.4 is 0 Å². The van der Waals surface area contributed by atoms with E-state index in [9.17, 15) is 4.79 Å². The lowest BCUT2D eigenvalue weighted by atomic mass is 10.2. The Bertz CT molecular complexity index is 91.4. The third kappa shape index (κ3) is 105. The first-order valence-corrected chi connectivity index (χ1v) is 5.61. The van der Waals surface area contributed by atoms with Crippen LogP contribution in [0.5, 0.6) is 0 Å². The van der Waals surface area contributed by atoms with Gasteiger partial charge in [0.15, 0.2) is 0 Å². The molecule has 0 atom stereocenters. The zero-order valence-corrected chi connectivity index (χ0v) is 11.8. The van der Waals surface area contributed by atoms with Crippen LogP contribution in [0.4, 0.5) is 0 Å². The molecular weight excluding hydrogens is 200 g/mol. The van der Waals surface area contributed by atoms with E-state index in [1.807, 2.05) is 62.3 Å². The summed E-state index contributed by atoms with van der Waals surface area (Å²) in [6.45, 7) is 18.9. The van der Waals surface area contributed by atoms with Crippen LogP contribution in [0.3, 0.4) is 0 Å². The SMILES string of the molecule is C.C.CC.CC.CC.CC(=O)OC(C)(C)C. The highest BCUT2D eigenvalue weighted by molar-refractivity contribution is 5.66. The van der Waals surface area contributed by atoms with E-state index in [4.69, 9.17) is 4.74 Å². The molecule has 0 aromatic carbocycles. The molecule has 0 saturated carbocycles. The van der Waals surface area contributed by atoms with Crippen molar-refractivity contribution in [2.75, 3.05) is 0 Å². The van der Waals surface area contributed by atoms with E-state index in [-0.39, 0.29) is 26.4 Å². The summed E-state index contributed by atoms with van der Waals surface area (Å²) in [5.74, 6) is -0.225. The number of rotatable bonds is 0. The summed E-state index contributed by atoms with van der Waals surface area (Å²) >= 11 is 0. The van der Waals surface area contributed by atoms with E-state index in [1.54, 1.807) is 0 Å². The standard InChI is InChI=1S/C6H12O2.3C2H6.2CH4/c1-5(7)8-6(2,3)4;3*1-2;;/h1-4H3;3*1-2H3;2*1H4. The molecule has 2 heteroatoms. The molecule has 106 valence electrons. The molecule has 0 N–H and O–H groups in total. The molecule has 0 bridgehead atoms. The maximum absolute atomic E-state index is 10.2. The number of ether oxygens (including phenoxy) is 1. The lowest BCUT2D eigenvalue weighted by molar-refractivity contribution is -0.151. The fourth-order valence-corrected chi connectivity index (χ4v) is 0.431. The lowest BCUT2D eigenvalue weighted by Crippen LogP contribution is -2.21. The molecule has 0 rings (SSSR count). The summed E-state index contributed by atoms with van der Waals surface area (Å²) in [4.78, 5) is 10.2. The summed E-state index contributed by atoms with van der Waals surface area (Å²) in [7, 11) is 0. The smallest absolute Gasteiger partial charge is 0.303 e.